The molecule has 0 aliphatic carbocycles. The lowest BCUT2D eigenvalue weighted by Crippen LogP contribution is -2.49. The molecule has 1 aromatic carbocycles. The third kappa shape index (κ3) is 5.51. The molecule has 0 radical (unpaired) electrons. The highest BCUT2D eigenvalue weighted by Gasteiger charge is 2.25. The Morgan fingerprint density at radius 3 is 2.46 bits per heavy atom. The largest absolute Gasteiger partial charge is 0.346 e. The molecule has 0 bridgehead atoms. The first kappa shape index (κ1) is 20.3. The van der Waals surface area contributed by atoms with Crippen LogP contribution >= 0.6 is 11.6 Å². The lowest BCUT2D eigenvalue weighted by molar-refractivity contribution is -0.136. The van der Waals surface area contributed by atoms with Crippen LogP contribution in [0.4, 0.5) is 5.69 Å². The Bertz CT molecular complexity index is 792. The summed E-state index contributed by atoms with van der Waals surface area (Å²) in [4.78, 5) is 33.3. The van der Waals surface area contributed by atoms with Gasteiger partial charge in [-0.2, -0.15) is 0 Å². The maximum Gasteiger partial charge on any atom is 0.313 e. The smallest absolute Gasteiger partial charge is 0.313 e. The van der Waals surface area contributed by atoms with Gasteiger partial charge in [0.25, 0.3) is 0 Å². The van der Waals surface area contributed by atoms with E-state index in [-0.39, 0.29) is 6.04 Å². The van der Waals surface area contributed by atoms with Crippen molar-refractivity contribution >= 4 is 29.1 Å². The predicted molar refractivity (Wildman–Crippen MR) is 109 cm³/mol. The van der Waals surface area contributed by atoms with E-state index < -0.39 is 11.8 Å². The minimum Gasteiger partial charge on any atom is -0.346 e. The Labute approximate surface area is 169 Å². The van der Waals surface area contributed by atoms with E-state index in [1.807, 2.05) is 18.3 Å². The molecule has 1 atom stereocenters. The van der Waals surface area contributed by atoms with Crippen molar-refractivity contribution in [3.05, 3.63) is 59.4 Å². The van der Waals surface area contributed by atoms with E-state index in [0.717, 1.165) is 31.7 Å². The van der Waals surface area contributed by atoms with Gasteiger partial charge < -0.3 is 15.5 Å². The average molecular weight is 402 g/mol. The number of likely N-dealkylation sites (N-methyl/N-ethyl adjacent to an activating group) is 1. The minimum absolute atomic E-state index is 0.0327. The van der Waals surface area contributed by atoms with Crippen LogP contribution in [0.1, 0.15) is 11.6 Å². The first-order chi connectivity index (χ1) is 13.5. The third-order valence-corrected chi connectivity index (χ3v) is 5.06. The van der Waals surface area contributed by atoms with Gasteiger partial charge in [-0.15, -0.1) is 0 Å². The van der Waals surface area contributed by atoms with Gasteiger partial charge in [0.1, 0.15) is 0 Å². The monoisotopic (exact) mass is 401 g/mol. The summed E-state index contributed by atoms with van der Waals surface area (Å²) in [6.45, 7) is 4.04. The van der Waals surface area contributed by atoms with Gasteiger partial charge in [-0.3, -0.25) is 19.5 Å². The van der Waals surface area contributed by atoms with Gasteiger partial charge in [-0.05, 0) is 42.9 Å². The molecule has 7 nitrogen and oxygen atoms in total. The number of piperazine rings is 1. The minimum atomic E-state index is -0.703. The number of anilines is 1. The van der Waals surface area contributed by atoms with Gasteiger partial charge in [0.2, 0.25) is 0 Å². The number of hydrogen-bond donors (Lipinski definition) is 2. The number of carbonyl (C=O) groups is 2. The summed E-state index contributed by atoms with van der Waals surface area (Å²) in [5.41, 5.74) is 1.54. The van der Waals surface area contributed by atoms with Gasteiger partial charge in [0, 0.05) is 55.8 Å². The van der Waals surface area contributed by atoms with Crippen molar-refractivity contribution in [3.8, 4) is 0 Å². The number of aromatic nitrogens is 1. The van der Waals surface area contributed by atoms with E-state index >= 15 is 0 Å². The summed E-state index contributed by atoms with van der Waals surface area (Å²) < 4.78 is 0. The zero-order chi connectivity index (χ0) is 19.9. The summed E-state index contributed by atoms with van der Waals surface area (Å²) >= 11 is 5.83. The van der Waals surface area contributed by atoms with E-state index in [1.165, 1.54) is 0 Å². The number of nitrogens with one attached hydrogen (secondary N) is 2. The first-order valence-electron chi connectivity index (χ1n) is 9.20. The number of carbonyl (C=O) groups excluding carboxylic acids is 2. The van der Waals surface area contributed by atoms with Crippen LogP contribution in [0.3, 0.4) is 0 Å². The molecule has 8 heteroatoms. The highest BCUT2D eigenvalue weighted by atomic mass is 35.5. The number of hydrogen-bond acceptors (Lipinski definition) is 5. The van der Waals surface area contributed by atoms with Gasteiger partial charge >= 0.3 is 11.8 Å². The van der Waals surface area contributed by atoms with Crippen LogP contribution in [0.25, 0.3) is 0 Å². The lowest BCUT2D eigenvalue weighted by Gasteiger charge is -2.38. The molecule has 2 aromatic rings. The second-order valence-electron chi connectivity index (χ2n) is 6.81. The Morgan fingerprint density at radius 1 is 1.11 bits per heavy atom. The predicted octanol–water partition coefficient (Wildman–Crippen LogP) is 1.78. The van der Waals surface area contributed by atoms with Crippen molar-refractivity contribution in [2.45, 2.75) is 6.04 Å². The molecule has 2 amide bonds. The van der Waals surface area contributed by atoms with E-state index in [0.29, 0.717) is 17.3 Å². The molecule has 148 valence electrons. The van der Waals surface area contributed by atoms with Crippen molar-refractivity contribution in [2.24, 2.45) is 0 Å². The van der Waals surface area contributed by atoms with Crippen molar-refractivity contribution in [1.82, 2.24) is 20.1 Å². The highest BCUT2D eigenvalue weighted by Crippen LogP contribution is 2.20. The molecule has 2 heterocycles. The fourth-order valence-corrected chi connectivity index (χ4v) is 3.28. The van der Waals surface area contributed by atoms with Crippen LogP contribution < -0.4 is 10.6 Å². The SMILES string of the molecule is CN1CCN([C@@H](CNC(=O)C(=O)Nc2ccc(Cl)cc2)c2cccnc2)CC1. The van der Waals surface area contributed by atoms with Gasteiger partial charge in [-0.25, -0.2) is 0 Å². The number of rotatable bonds is 5. The van der Waals surface area contributed by atoms with Crippen LogP contribution in [-0.2, 0) is 9.59 Å². The summed E-state index contributed by atoms with van der Waals surface area (Å²) in [6.07, 6.45) is 3.53. The van der Waals surface area contributed by atoms with E-state index in [9.17, 15) is 9.59 Å². The molecule has 1 fully saturated rings. The molecular weight excluding hydrogens is 378 g/mol. The fraction of sp³-hybridized carbons (Fsp3) is 0.350. The van der Waals surface area contributed by atoms with Crippen LogP contribution in [-0.4, -0.2) is 66.4 Å². The Hall–Kier alpha value is -2.48. The van der Waals surface area contributed by atoms with Crippen molar-refractivity contribution in [3.63, 3.8) is 0 Å². The van der Waals surface area contributed by atoms with Gasteiger partial charge in [0.15, 0.2) is 0 Å². The van der Waals surface area contributed by atoms with E-state index in [1.54, 1.807) is 30.5 Å². The highest BCUT2D eigenvalue weighted by molar-refractivity contribution is 6.39. The van der Waals surface area contributed by atoms with Crippen LogP contribution in [0.5, 0.6) is 0 Å². The fourth-order valence-electron chi connectivity index (χ4n) is 3.16. The molecule has 3 rings (SSSR count). The second kappa shape index (κ2) is 9.64. The number of nitrogens with zero attached hydrogens (tertiary/aromatic N) is 3. The molecule has 1 aliphatic heterocycles. The molecule has 28 heavy (non-hydrogen) atoms. The number of halogens is 1. The Balaban J connectivity index is 1.61. The zero-order valence-corrected chi connectivity index (χ0v) is 16.5. The molecule has 0 spiro atoms. The van der Waals surface area contributed by atoms with Gasteiger partial charge in [-0.1, -0.05) is 17.7 Å². The number of pyridine rings is 1. The van der Waals surface area contributed by atoms with E-state index in [4.69, 9.17) is 11.6 Å². The zero-order valence-electron chi connectivity index (χ0n) is 15.8. The molecule has 2 N–H and O–H groups in total. The van der Waals surface area contributed by atoms with Gasteiger partial charge in [0.05, 0.1) is 6.04 Å². The van der Waals surface area contributed by atoms with Crippen LogP contribution in [0.15, 0.2) is 48.8 Å². The topological polar surface area (TPSA) is 77.6 Å². The van der Waals surface area contributed by atoms with Crippen molar-refractivity contribution in [1.29, 1.82) is 0 Å². The summed E-state index contributed by atoms with van der Waals surface area (Å²) in [5, 5.41) is 5.90. The molecule has 1 aliphatic rings. The van der Waals surface area contributed by atoms with E-state index in [2.05, 4.69) is 32.5 Å². The quantitative estimate of drug-likeness (QED) is 0.747. The Kier molecular flexibility index (Phi) is 6.97. The first-order valence-corrected chi connectivity index (χ1v) is 9.58. The van der Waals surface area contributed by atoms with Crippen molar-refractivity contribution in [2.75, 3.05) is 45.1 Å². The molecule has 0 saturated carbocycles. The average Bonchev–Trinajstić information content (AvgIpc) is 2.71. The maximum atomic E-state index is 12.3. The molecule has 0 unspecified atom stereocenters. The third-order valence-electron chi connectivity index (χ3n) is 4.81. The molecular formula is C20H24ClN5O2. The Morgan fingerprint density at radius 2 is 1.82 bits per heavy atom. The standard InChI is InChI=1S/C20H24ClN5O2/c1-25-9-11-26(12-10-25)18(15-3-2-8-22-13-15)14-23-19(27)20(28)24-17-6-4-16(21)5-7-17/h2-8,13,18H,9-12,14H2,1H3,(H,23,27)(H,24,28)/t18-/m0/s1. The van der Waals surface area contributed by atoms with Crippen LogP contribution in [0.2, 0.25) is 5.02 Å². The maximum absolute atomic E-state index is 12.3. The normalized spacial score (nSPS) is 16.4. The summed E-state index contributed by atoms with van der Waals surface area (Å²) in [7, 11) is 2.10. The lowest BCUT2D eigenvalue weighted by atomic mass is 10.1. The molecule has 1 aromatic heterocycles. The summed E-state index contributed by atoms with van der Waals surface area (Å²) in [6, 6.07) is 10.5. The van der Waals surface area contributed by atoms with Crippen LogP contribution in [0, 0.1) is 0 Å². The molecule has 1 saturated heterocycles. The summed E-state index contributed by atoms with van der Waals surface area (Å²) in [5.74, 6) is -1.37. The number of amides is 2. The van der Waals surface area contributed by atoms with Crippen molar-refractivity contribution < 1.29 is 9.59 Å². The second-order valence-corrected chi connectivity index (χ2v) is 7.25. The number of benzene rings is 1.